The van der Waals surface area contributed by atoms with Crippen LogP contribution >= 0.6 is 0 Å². The Labute approximate surface area is 143 Å². The monoisotopic (exact) mass is 344 g/mol. The number of hydrogen-bond acceptors (Lipinski definition) is 2. The molecule has 3 aromatic rings. The second-order valence-corrected chi connectivity index (χ2v) is 5.44. The molecule has 0 bridgehead atoms. The van der Waals surface area contributed by atoms with E-state index in [0.29, 0.717) is 12.2 Å². The SMILES string of the molecule is CCOc1ccc(-c2ccc(-c3cc(F)c(O)c(F)c3)c(F)c2)cc1. The summed E-state index contributed by atoms with van der Waals surface area (Å²) in [7, 11) is 0. The maximum Gasteiger partial charge on any atom is 0.187 e. The number of ether oxygens (including phenoxy) is 1. The molecule has 0 heterocycles. The summed E-state index contributed by atoms with van der Waals surface area (Å²) >= 11 is 0. The van der Waals surface area contributed by atoms with Gasteiger partial charge >= 0.3 is 0 Å². The van der Waals surface area contributed by atoms with E-state index in [4.69, 9.17) is 9.84 Å². The fourth-order valence-electron chi connectivity index (χ4n) is 2.56. The van der Waals surface area contributed by atoms with Crippen molar-refractivity contribution >= 4 is 0 Å². The van der Waals surface area contributed by atoms with Crippen molar-refractivity contribution in [3.05, 3.63) is 72.0 Å². The third kappa shape index (κ3) is 3.45. The summed E-state index contributed by atoms with van der Waals surface area (Å²) in [6, 6.07) is 13.4. The molecule has 128 valence electrons. The predicted molar refractivity (Wildman–Crippen MR) is 90.0 cm³/mol. The van der Waals surface area contributed by atoms with Crippen molar-refractivity contribution < 1.29 is 23.0 Å². The minimum absolute atomic E-state index is 0.0172. The molecule has 3 rings (SSSR count). The summed E-state index contributed by atoms with van der Waals surface area (Å²) in [6.45, 7) is 2.44. The van der Waals surface area contributed by atoms with E-state index in [2.05, 4.69) is 0 Å². The number of halogens is 3. The van der Waals surface area contributed by atoms with E-state index in [0.717, 1.165) is 23.4 Å². The first-order valence-corrected chi connectivity index (χ1v) is 7.70. The lowest BCUT2D eigenvalue weighted by Crippen LogP contribution is -1.92. The van der Waals surface area contributed by atoms with Crippen molar-refractivity contribution in [2.45, 2.75) is 6.92 Å². The maximum absolute atomic E-state index is 14.5. The van der Waals surface area contributed by atoms with E-state index < -0.39 is 23.2 Å². The largest absolute Gasteiger partial charge is 0.503 e. The Morgan fingerprint density at radius 2 is 1.32 bits per heavy atom. The molecule has 2 nitrogen and oxygen atoms in total. The lowest BCUT2D eigenvalue weighted by molar-refractivity contribution is 0.340. The first-order chi connectivity index (χ1) is 12.0. The summed E-state index contributed by atoms with van der Waals surface area (Å²) in [5, 5.41) is 9.15. The minimum Gasteiger partial charge on any atom is -0.503 e. The fourth-order valence-corrected chi connectivity index (χ4v) is 2.56. The molecule has 0 saturated heterocycles. The molecule has 0 radical (unpaired) electrons. The second kappa shape index (κ2) is 6.89. The fraction of sp³-hybridized carbons (Fsp3) is 0.100. The van der Waals surface area contributed by atoms with Crippen LogP contribution in [0.1, 0.15) is 6.92 Å². The lowest BCUT2D eigenvalue weighted by atomic mass is 9.99. The Hall–Kier alpha value is -2.95. The molecule has 0 saturated carbocycles. The third-order valence-corrected chi connectivity index (χ3v) is 3.80. The molecule has 0 aromatic heterocycles. The summed E-state index contributed by atoms with van der Waals surface area (Å²) in [5.74, 6) is -3.24. The average molecular weight is 344 g/mol. The number of benzene rings is 3. The molecular formula is C20H15F3O2. The van der Waals surface area contributed by atoms with Gasteiger partial charge in [0.1, 0.15) is 11.6 Å². The third-order valence-electron chi connectivity index (χ3n) is 3.80. The summed E-state index contributed by atoms with van der Waals surface area (Å²) in [6.07, 6.45) is 0. The van der Waals surface area contributed by atoms with Gasteiger partial charge in [-0.3, -0.25) is 0 Å². The van der Waals surface area contributed by atoms with Crippen molar-refractivity contribution in [3.63, 3.8) is 0 Å². The van der Waals surface area contributed by atoms with Gasteiger partial charge in [0.05, 0.1) is 6.61 Å². The van der Waals surface area contributed by atoms with Gasteiger partial charge in [-0.1, -0.05) is 24.3 Å². The van der Waals surface area contributed by atoms with Gasteiger partial charge in [0, 0.05) is 5.56 Å². The van der Waals surface area contributed by atoms with Crippen LogP contribution in [-0.4, -0.2) is 11.7 Å². The van der Waals surface area contributed by atoms with E-state index in [1.807, 2.05) is 6.92 Å². The highest BCUT2D eigenvalue weighted by Crippen LogP contribution is 2.32. The molecule has 0 amide bonds. The van der Waals surface area contributed by atoms with Gasteiger partial charge in [-0.2, -0.15) is 0 Å². The van der Waals surface area contributed by atoms with Crippen LogP contribution in [0.5, 0.6) is 11.5 Å². The molecule has 25 heavy (non-hydrogen) atoms. The Morgan fingerprint density at radius 1 is 0.760 bits per heavy atom. The van der Waals surface area contributed by atoms with Crippen LogP contribution in [0.25, 0.3) is 22.3 Å². The molecule has 0 aliphatic rings. The minimum atomic E-state index is -1.13. The first kappa shape index (κ1) is 16.9. The van der Waals surface area contributed by atoms with Crippen LogP contribution in [0, 0.1) is 17.5 Å². The quantitative estimate of drug-likeness (QED) is 0.673. The highest BCUT2D eigenvalue weighted by molar-refractivity contribution is 5.71. The van der Waals surface area contributed by atoms with Gasteiger partial charge in [-0.25, -0.2) is 13.2 Å². The van der Waals surface area contributed by atoms with Crippen LogP contribution in [0.3, 0.4) is 0 Å². The van der Waals surface area contributed by atoms with Crippen molar-refractivity contribution in [2.75, 3.05) is 6.61 Å². The molecular weight excluding hydrogens is 329 g/mol. The number of aromatic hydroxyl groups is 1. The Balaban J connectivity index is 1.96. The zero-order valence-corrected chi connectivity index (χ0v) is 13.4. The van der Waals surface area contributed by atoms with Gasteiger partial charge in [0.2, 0.25) is 0 Å². The summed E-state index contributed by atoms with van der Waals surface area (Å²) in [4.78, 5) is 0. The topological polar surface area (TPSA) is 29.5 Å². The molecule has 0 fully saturated rings. The Bertz CT molecular complexity index is 882. The molecule has 0 spiro atoms. The van der Waals surface area contributed by atoms with Crippen molar-refractivity contribution in [2.24, 2.45) is 0 Å². The summed E-state index contributed by atoms with van der Waals surface area (Å²) in [5.41, 5.74) is 1.48. The van der Waals surface area contributed by atoms with Gasteiger partial charge in [-0.05, 0) is 53.9 Å². The zero-order chi connectivity index (χ0) is 18.0. The van der Waals surface area contributed by atoms with Crippen molar-refractivity contribution in [1.29, 1.82) is 0 Å². The van der Waals surface area contributed by atoms with Crippen molar-refractivity contribution in [3.8, 4) is 33.8 Å². The number of phenolic OH excluding ortho intramolecular Hbond substituents is 1. The highest BCUT2D eigenvalue weighted by atomic mass is 19.1. The highest BCUT2D eigenvalue weighted by Gasteiger charge is 2.14. The first-order valence-electron chi connectivity index (χ1n) is 7.70. The van der Waals surface area contributed by atoms with E-state index in [-0.39, 0.29) is 11.1 Å². The molecule has 0 atom stereocenters. The molecule has 0 aliphatic heterocycles. The van der Waals surface area contributed by atoms with Crippen LogP contribution in [0.4, 0.5) is 13.2 Å². The van der Waals surface area contributed by atoms with Gasteiger partial charge < -0.3 is 9.84 Å². The predicted octanol–water partition coefficient (Wildman–Crippen LogP) is 5.54. The molecule has 5 heteroatoms. The number of rotatable bonds is 4. The number of phenols is 1. The van der Waals surface area contributed by atoms with Crippen LogP contribution in [-0.2, 0) is 0 Å². The lowest BCUT2D eigenvalue weighted by Gasteiger charge is -2.09. The van der Waals surface area contributed by atoms with E-state index in [9.17, 15) is 13.2 Å². The van der Waals surface area contributed by atoms with Crippen LogP contribution < -0.4 is 4.74 Å². The van der Waals surface area contributed by atoms with Gasteiger partial charge in [-0.15, -0.1) is 0 Å². The Morgan fingerprint density at radius 3 is 1.88 bits per heavy atom. The van der Waals surface area contributed by atoms with Gasteiger partial charge in [0.25, 0.3) is 0 Å². The van der Waals surface area contributed by atoms with E-state index in [1.165, 1.54) is 12.1 Å². The molecule has 3 aromatic carbocycles. The zero-order valence-electron chi connectivity index (χ0n) is 13.4. The average Bonchev–Trinajstić information content (AvgIpc) is 2.60. The second-order valence-electron chi connectivity index (χ2n) is 5.44. The number of hydrogen-bond donors (Lipinski definition) is 1. The molecule has 0 unspecified atom stereocenters. The normalized spacial score (nSPS) is 10.7. The molecule has 0 aliphatic carbocycles. The van der Waals surface area contributed by atoms with Crippen LogP contribution in [0.2, 0.25) is 0 Å². The van der Waals surface area contributed by atoms with Crippen molar-refractivity contribution in [1.82, 2.24) is 0 Å². The smallest absolute Gasteiger partial charge is 0.187 e. The molecule has 1 N–H and O–H groups in total. The van der Waals surface area contributed by atoms with Crippen LogP contribution in [0.15, 0.2) is 54.6 Å². The van der Waals surface area contributed by atoms with Gasteiger partial charge in [0.15, 0.2) is 17.4 Å². The summed E-state index contributed by atoms with van der Waals surface area (Å²) < 4.78 is 46.8. The Kier molecular flexibility index (Phi) is 4.65. The van der Waals surface area contributed by atoms with E-state index in [1.54, 1.807) is 30.3 Å². The maximum atomic E-state index is 14.5. The standard InChI is InChI=1S/C20H15F3O2/c1-2-25-15-6-3-12(4-7-15)13-5-8-16(17(21)9-13)14-10-18(22)20(24)19(23)11-14/h3-11,24H,2H2,1H3. The van der Waals surface area contributed by atoms with E-state index >= 15 is 0 Å².